The van der Waals surface area contributed by atoms with Crippen LogP contribution in [0.25, 0.3) is 6.08 Å². The SMILES string of the molecule is CCOC(=O)c1ccc(NC(=O)C(=Cc2sccc2C)C(=O)Nc2ccc(C(=O)OCC)cc2)cc1. The Kier molecular flexibility index (Phi) is 9.13. The van der Waals surface area contributed by atoms with Crippen LogP contribution in [0.1, 0.15) is 45.0 Å². The molecule has 2 N–H and O–H groups in total. The van der Waals surface area contributed by atoms with Crippen LogP contribution in [0.2, 0.25) is 0 Å². The van der Waals surface area contributed by atoms with Crippen molar-refractivity contribution in [2.24, 2.45) is 0 Å². The van der Waals surface area contributed by atoms with Crippen molar-refractivity contribution >= 4 is 52.5 Å². The molecule has 0 bridgehead atoms. The van der Waals surface area contributed by atoms with Crippen LogP contribution in [-0.4, -0.2) is 37.0 Å². The highest BCUT2D eigenvalue weighted by atomic mass is 32.1. The van der Waals surface area contributed by atoms with Gasteiger partial charge >= 0.3 is 11.9 Å². The number of aryl methyl sites for hydroxylation is 1. The zero-order valence-corrected chi connectivity index (χ0v) is 20.9. The van der Waals surface area contributed by atoms with Gasteiger partial charge in [0.1, 0.15) is 5.57 Å². The van der Waals surface area contributed by atoms with E-state index in [-0.39, 0.29) is 18.8 Å². The summed E-state index contributed by atoms with van der Waals surface area (Å²) in [5.41, 5.74) is 2.34. The summed E-state index contributed by atoms with van der Waals surface area (Å²) < 4.78 is 9.93. The van der Waals surface area contributed by atoms with Gasteiger partial charge in [-0.1, -0.05) is 0 Å². The summed E-state index contributed by atoms with van der Waals surface area (Å²) in [4.78, 5) is 50.7. The Morgan fingerprint density at radius 3 is 1.56 bits per heavy atom. The molecule has 0 spiro atoms. The van der Waals surface area contributed by atoms with Crippen LogP contribution >= 0.6 is 11.3 Å². The van der Waals surface area contributed by atoms with Crippen LogP contribution in [-0.2, 0) is 19.1 Å². The van der Waals surface area contributed by atoms with Gasteiger partial charge in [-0.2, -0.15) is 0 Å². The average molecular weight is 507 g/mol. The molecular formula is C27H26N2O6S. The third kappa shape index (κ3) is 6.89. The number of benzene rings is 2. The third-order valence-corrected chi connectivity index (χ3v) is 5.94. The lowest BCUT2D eigenvalue weighted by molar-refractivity contribution is -0.118. The average Bonchev–Trinajstić information content (AvgIpc) is 3.27. The first-order valence-corrected chi connectivity index (χ1v) is 12.1. The molecule has 1 aromatic heterocycles. The third-order valence-electron chi connectivity index (χ3n) is 4.97. The second kappa shape index (κ2) is 12.5. The number of anilines is 2. The normalized spacial score (nSPS) is 10.2. The van der Waals surface area contributed by atoms with E-state index in [1.165, 1.54) is 41.7 Å². The summed E-state index contributed by atoms with van der Waals surface area (Å²) in [6, 6.07) is 14.3. The van der Waals surface area contributed by atoms with Gasteiger partial charge in [0.25, 0.3) is 11.8 Å². The van der Waals surface area contributed by atoms with Crippen LogP contribution in [0.4, 0.5) is 11.4 Å². The first kappa shape index (κ1) is 26.4. The van der Waals surface area contributed by atoms with E-state index in [0.29, 0.717) is 22.5 Å². The lowest BCUT2D eigenvalue weighted by atomic mass is 10.1. The molecule has 0 saturated heterocycles. The molecule has 186 valence electrons. The summed E-state index contributed by atoms with van der Waals surface area (Å²) in [6.45, 7) is 5.84. The molecule has 0 fully saturated rings. The predicted octanol–water partition coefficient (Wildman–Crippen LogP) is 5.07. The highest BCUT2D eigenvalue weighted by Crippen LogP contribution is 2.21. The van der Waals surface area contributed by atoms with Crippen molar-refractivity contribution in [1.82, 2.24) is 0 Å². The molecule has 2 amide bonds. The van der Waals surface area contributed by atoms with Gasteiger partial charge in [0.2, 0.25) is 0 Å². The van der Waals surface area contributed by atoms with E-state index in [9.17, 15) is 19.2 Å². The Labute approximate surface area is 212 Å². The fourth-order valence-electron chi connectivity index (χ4n) is 3.10. The number of thiophene rings is 1. The van der Waals surface area contributed by atoms with Crippen molar-refractivity contribution in [2.45, 2.75) is 20.8 Å². The topological polar surface area (TPSA) is 111 Å². The van der Waals surface area contributed by atoms with Crippen LogP contribution in [0.5, 0.6) is 0 Å². The highest BCUT2D eigenvalue weighted by molar-refractivity contribution is 7.11. The van der Waals surface area contributed by atoms with E-state index in [2.05, 4.69) is 10.6 Å². The molecule has 0 unspecified atom stereocenters. The predicted molar refractivity (Wildman–Crippen MR) is 139 cm³/mol. The zero-order chi connectivity index (χ0) is 26.1. The van der Waals surface area contributed by atoms with Crippen molar-refractivity contribution in [3.63, 3.8) is 0 Å². The quantitative estimate of drug-likeness (QED) is 0.181. The molecule has 36 heavy (non-hydrogen) atoms. The zero-order valence-electron chi connectivity index (χ0n) is 20.1. The molecule has 8 nitrogen and oxygen atoms in total. The molecule has 3 aromatic rings. The Hall–Kier alpha value is -4.24. The smallest absolute Gasteiger partial charge is 0.338 e. The van der Waals surface area contributed by atoms with Gasteiger partial charge < -0.3 is 20.1 Å². The summed E-state index contributed by atoms with van der Waals surface area (Å²) in [5.74, 6) is -2.16. The summed E-state index contributed by atoms with van der Waals surface area (Å²) in [7, 11) is 0. The molecule has 9 heteroatoms. The molecule has 0 atom stereocenters. The first-order valence-electron chi connectivity index (χ1n) is 11.2. The van der Waals surface area contributed by atoms with E-state index in [0.717, 1.165) is 10.4 Å². The van der Waals surface area contributed by atoms with E-state index in [4.69, 9.17) is 9.47 Å². The maximum atomic E-state index is 13.1. The summed E-state index contributed by atoms with van der Waals surface area (Å²) >= 11 is 1.41. The molecule has 1 heterocycles. The number of nitrogens with one attached hydrogen (secondary N) is 2. The largest absolute Gasteiger partial charge is 0.462 e. The second-order valence-electron chi connectivity index (χ2n) is 7.53. The van der Waals surface area contributed by atoms with Crippen LogP contribution in [0.15, 0.2) is 65.6 Å². The molecule has 0 aliphatic heterocycles. The van der Waals surface area contributed by atoms with Gasteiger partial charge in [0.05, 0.1) is 24.3 Å². The van der Waals surface area contributed by atoms with Crippen molar-refractivity contribution in [3.05, 3.63) is 87.1 Å². The fourth-order valence-corrected chi connectivity index (χ4v) is 3.96. The Morgan fingerprint density at radius 1 is 0.750 bits per heavy atom. The molecule has 2 aromatic carbocycles. The van der Waals surface area contributed by atoms with Crippen LogP contribution < -0.4 is 10.6 Å². The Morgan fingerprint density at radius 2 is 1.19 bits per heavy atom. The minimum absolute atomic E-state index is 0.107. The van der Waals surface area contributed by atoms with E-state index < -0.39 is 23.8 Å². The number of ether oxygens (including phenoxy) is 2. The molecule has 0 aliphatic rings. The van der Waals surface area contributed by atoms with Gasteiger partial charge in [0.15, 0.2) is 0 Å². The number of rotatable bonds is 9. The van der Waals surface area contributed by atoms with Gasteiger partial charge in [-0.25, -0.2) is 9.59 Å². The lowest BCUT2D eigenvalue weighted by Gasteiger charge is -2.11. The van der Waals surface area contributed by atoms with Gasteiger partial charge in [0, 0.05) is 16.3 Å². The van der Waals surface area contributed by atoms with Crippen LogP contribution in [0.3, 0.4) is 0 Å². The monoisotopic (exact) mass is 506 g/mol. The maximum Gasteiger partial charge on any atom is 0.338 e. The summed E-state index contributed by atoms with van der Waals surface area (Å²) in [6.07, 6.45) is 1.53. The number of carbonyl (C=O) groups is 4. The molecule has 0 radical (unpaired) electrons. The van der Waals surface area contributed by atoms with Crippen molar-refractivity contribution in [3.8, 4) is 0 Å². The van der Waals surface area contributed by atoms with Gasteiger partial charge in [-0.05, 0) is 92.4 Å². The lowest BCUT2D eigenvalue weighted by Crippen LogP contribution is -2.25. The van der Waals surface area contributed by atoms with Crippen LogP contribution in [0, 0.1) is 6.92 Å². The second-order valence-corrected chi connectivity index (χ2v) is 8.48. The number of amides is 2. The van der Waals surface area contributed by atoms with Crippen molar-refractivity contribution in [2.75, 3.05) is 23.8 Å². The minimum Gasteiger partial charge on any atom is -0.462 e. The van der Waals surface area contributed by atoms with E-state index in [1.54, 1.807) is 38.1 Å². The first-order chi connectivity index (χ1) is 17.3. The van der Waals surface area contributed by atoms with Crippen molar-refractivity contribution in [1.29, 1.82) is 0 Å². The molecule has 0 saturated carbocycles. The number of esters is 2. The van der Waals surface area contributed by atoms with E-state index >= 15 is 0 Å². The molecular weight excluding hydrogens is 480 g/mol. The number of carbonyl (C=O) groups excluding carboxylic acids is 4. The standard InChI is InChI=1S/C27H26N2O6S/c1-4-34-26(32)18-6-10-20(11-7-18)28-24(30)22(16-23-17(3)14-15-36-23)25(31)29-21-12-8-19(9-13-21)27(33)35-5-2/h6-16H,4-5H2,1-3H3,(H,28,30)(H,29,31). The fraction of sp³-hybridized carbons (Fsp3) is 0.185. The molecule has 0 aliphatic carbocycles. The highest BCUT2D eigenvalue weighted by Gasteiger charge is 2.20. The maximum absolute atomic E-state index is 13.1. The number of hydrogen-bond donors (Lipinski definition) is 2. The van der Waals surface area contributed by atoms with Gasteiger partial charge in [-0.3, -0.25) is 9.59 Å². The minimum atomic E-state index is -0.618. The Balaban J connectivity index is 1.80. The van der Waals surface area contributed by atoms with Crippen molar-refractivity contribution < 1.29 is 28.7 Å². The van der Waals surface area contributed by atoms with Gasteiger partial charge in [-0.15, -0.1) is 11.3 Å². The Bertz CT molecular complexity index is 1200. The molecule has 3 rings (SSSR count). The summed E-state index contributed by atoms with van der Waals surface area (Å²) in [5, 5.41) is 7.27. The number of hydrogen-bond acceptors (Lipinski definition) is 7. The van der Waals surface area contributed by atoms with E-state index in [1.807, 2.05) is 18.4 Å².